The van der Waals surface area contributed by atoms with Gasteiger partial charge in [-0.25, -0.2) is 18.2 Å². The fraction of sp³-hybridized carbons (Fsp3) is 0.429. The molecule has 2 aliphatic rings. The predicted octanol–water partition coefficient (Wildman–Crippen LogP) is 1.64. The number of sulfonamides is 1. The number of hydrogen-bond acceptors (Lipinski definition) is 8. The average Bonchev–Trinajstić information content (AvgIpc) is 3.53. The summed E-state index contributed by atoms with van der Waals surface area (Å²) in [5.41, 5.74) is 0. The standard InChI is InChI=1S/C21H24N4O6S2/c1-2-5-15(23-21(28)31-14-8-11-32-13-14)20(27)24-10-7-16-19(24)17(26)12-25(16)33(29,30)18-6-3-4-9-22-18/h3-4,6,8-9,11,13,15-16,19H,2,5,7,10,12H2,1H3,(H,23,28). The maximum atomic E-state index is 13.3. The first-order chi connectivity index (χ1) is 15.8. The van der Waals surface area contributed by atoms with Crippen molar-refractivity contribution in [2.24, 2.45) is 0 Å². The van der Waals surface area contributed by atoms with E-state index < -0.39 is 40.1 Å². The van der Waals surface area contributed by atoms with Crippen LogP contribution in [0, 0.1) is 0 Å². The van der Waals surface area contributed by atoms with Crippen molar-refractivity contribution in [2.75, 3.05) is 13.1 Å². The number of fused-ring (bicyclic) bond motifs is 1. The highest BCUT2D eigenvalue weighted by Gasteiger charge is 2.54. The number of aromatic nitrogens is 1. The molecule has 176 valence electrons. The van der Waals surface area contributed by atoms with Gasteiger partial charge in [0.1, 0.15) is 17.8 Å². The maximum Gasteiger partial charge on any atom is 0.413 e. The SMILES string of the molecule is CCCC(NC(=O)Oc1ccsc1)C(=O)N1CCC2C1C(=O)CN2S(=O)(=O)c1ccccn1. The van der Waals surface area contributed by atoms with Crippen LogP contribution in [-0.2, 0) is 19.6 Å². The fourth-order valence-corrected chi connectivity index (χ4v) is 6.41. The van der Waals surface area contributed by atoms with Gasteiger partial charge in [0.05, 0.1) is 12.6 Å². The fourth-order valence-electron chi connectivity index (χ4n) is 4.30. The minimum atomic E-state index is -3.98. The number of pyridine rings is 1. The first-order valence-corrected chi connectivity index (χ1v) is 13.0. The molecule has 1 N–H and O–H groups in total. The molecule has 2 aliphatic heterocycles. The van der Waals surface area contributed by atoms with Crippen molar-refractivity contribution in [1.29, 1.82) is 0 Å². The van der Waals surface area contributed by atoms with Crippen molar-refractivity contribution in [3.8, 4) is 5.75 Å². The lowest BCUT2D eigenvalue weighted by atomic mass is 10.1. The number of hydrogen-bond donors (Lipinski definition) is 1. The van der Waals surface area contributed by atoms with Crippen LogP contribution >= 0.6 is 11.3 Å². The molecule has 3 atom stereocenters. The smallest absolute Gasteiger partial charge is 0.409 e. The third-order valence-electron chi connectivity index (χ3n) is 5.74. The number of ether oxygens (including phenoxy) is 1. The molecule has 33 heavy (non-hydrogen) atoms. The first kappa shape index (κ1) is 23.3. The predicted molar refractivity (Wildman–Crippen MR) is 119 cm³/mol. The summed E-state index contributed by atoms with van der Waals surface area (Å²) in [6, 6.07) is 3.77. The van der Waals surface area contributed by atoms with Gasteiger partial charge in [-0.05, 0) is 36.4 Å². The Kier molecular flexibility index (Phi) is 6.77. The van der Waals surface area contributed by atoms with Crippen LogP contribution in [0.25, 0.3) is 0 Å². The molecule has 3 unspecified atom stereocenters. The monoisotopic (exact) mass is 492 g/mol. The third kappa shape index (κ3) is 4.63. The second-order valence-corrected chi connectivity index (χ2v) is 10.5. The summed E-state index contributed by atoms with van der Waals surface area (Å²) in [5, 5.41) is 5.88. The molecule has 0 aromatic carbocycles. The van der Waals surface area contributed by atoms with Crippen LogP contribution in [-0.4, -0.2) is 71.6 Å². The zero-order chi connectivity index (χ0) is 23.6. The highest BCUT2D eigenvalue weighted by Crippen LogP contribution is 2.34. The molecule has 12 heteroatoms. The Labute approximate surface area is 195 Å². The Morgan fingerprint density at radius 2 is 2.15 bits per heavy atom. The lowest BCUT2D eigenvalue weighted by Gasteiger charge is -2.28. The second kappa shape index (κ2) is 9.57. The summed E-state index contributed by atoms with van der Waals surface area (Å²) in [5.74, 6) is -0.388. The van der Waals surface area contributed by atoms with Crippen molar-refractivity contribution in [1.82, 2.24) is 19.5 Å². The number of rotatable bonds is 7. The Balaban J connectivity index is 1.49. The zero-order valence-corrected chi connectivity index (χ0v) is 19.5. The zero-order valence-electron chi connectivity index (χ0n) is 17.9. The quantitative estimate of drug-likeness (QED) is 0.623. The van der Waals surface area contributed by atoms with Crippen molar-refractivity contribution < 1.29 is 27.5 Å². The summed E-state index contributed by atoms with van der Waals surface area (Å²) >= 11 is 1.37. The van der Waals surface area contributed by atoms with E-state index >= 15 is 0 Å². The van der Waals surface area contributed by atoms with Gasteiger partial charge >= 0.3 is 6.09 Å². The Bertz CT molecular complexity index is 1120. The van der Waals surface area contributed by atoms with E-state index in [4.69, 9.17) is 4.74 Å². The molecule has 0 spiro atoms. The van der Waals surface area contributed by atoms with Gasteiger partial charge in [0.2, 0.25) is 5.91 Å². The van der Waals surface area contributed by atoms with Gasteiger partial charge < -0.3 is 15.0 Å². The van der Waals surface area contributed by atoms with Crippen molar-refractivity contribution >= 4 is 39.1 Å². The molecule has 2 aromatic heterocycles. The van der Waals surface area contributed by atoms with Crippen LogP contribution in [0.15, 0.2) is 46.2 Å². The van der Waals surface area contributed by atoms with Crippen LogP contribution in [0.5, 0.6) is 5.75 Å². The normalized spacial score (nSPS) is 21.6. The van der Waals surface area contributed by atoms with Crippen molar-refractivity contribution in [3.05, 3.63) is 41.2 Å². The van der Waals surface area contributed by atoms with Gasteiger partial charge in [-0.15, -0.1) is 11.3 Å². The van der Waals surface area contributed by atoms with Gasteiger partial charge in [0.15, 0.2) is 10.8 Å². The lowest BCUT2D eigenvalue weighted by molar-refractivity contribution is -0.138. The number of thiophene rings is 1. The van der Waals surface area contributed by atoms with Gasteiger partial charge in [-0.3, -0.25) is 9.59 Å². The molecular weight excluding hydrogens is 468 g/mol. The van der Waals surface area contributed by atoms with Gasteiger partial charge in [0, 0.05) is 18.1 Å². The van der Waals surface area contributed by atoms with Gasteiger partial charge in [0.25, 0.3) is 10.0 Å². The van der Waals surface area contributed by atoms with Crippen LogP contribution in [0.2, 0.25) is 0 Å². The second-order valence-electron chi connectivity index (χ2n) is 7.85. The summed E-state index contributed by atoms with van der Waals surface area (Å²) < 4.78 is 32.5. The molecule has 0 aliphatic carbocycles. The molecule has 2 fully saturated rings. The molecular formula is C21H24N4O6S2. The molecule has 2 amide bonds. The number of carbonyl (C=O) groups excluding carboxylic acids is 3. The van der Waals surface area contributed by atoms with E-state index in [2.05, 4.69) is 10.3 Å². The summed E-state index contributed by atoms with van der Waals surface area (Å²) in [4.78, 5) is 43.8. The highest BCUT2D eigenvalue weighted by atomic mass is 32.2. The van der Waals surface area contributed by atoms with E-state index in [-0.39, 0.29) is 23.9 Å². The highest BCUT2D eigenvalue weighted by molar-refractivity contribution is 7.89. The summed E-state index contributed by atoms with van der Waals surface area (Å²) in [6.45, 7) is 1.78. The first-order valence-electron chi connectivity index (χ1n) is 10.6. The third-order valence-corrected chi connectivity index (χ3v) is 8.19. The van der Waals surface area contributed by atoms with Crippen molar-refractivity contribution in [2.45, 2.75) is 49.3 Å². The van der Waals surface area contributed by atoms with E-state index in [1.165, 1.54) is 28.5 Å². The summed E-state index contributed by atoms with van der Waals surface area (Å²) in [6.07, 6.45) is 1.92. The molecule has 0 radical (unpaired) electrons. The van der Waals surface area contributed by atoms with E-state index in [0.29, 0.717) is 25.0 Å². The molecule has 2 saturated heterocycles. The Morgan fingerprint density at radius 1 is 1.33 bits per heavy atom. The number of carbonyl (C=O) groups is 3. The topological polar surface area (TPSA) is 126 Å². The van der Waals surface area contributed by atoms with E-state index in [1.807, 2.05) is 6.92 Å². The molecule has 4 rings (SSSR count). The molecule has 0 bridgehead atoms. The largest absolute Gasteiger partial charge is 0.413 e. The van der Waals surface area contributed by atoms with Crippen LogP contribution in [0.4, 0.5) is 4.79 Å². The van der Waals surface area contributed by atoms with Crippen LogP contribution in [0.1, 0.15) is 26.2 Å². The number of likely N-dealkylation sites (tertiary alicyclic amines) is 1. The summed E-state index contributed by atoms with van der Waals surface area (Å²) in [7, 11) is -3.98. The minimum absolute atomic E-state index is 0.134. The van der Waals surface area contributed by atoms with Crippen LogP contribution in [0.3, 0.4) is 0 Å². The molecule has 10 nitrogen and oxygen atoms in total. The lowest BCUT2D eigenvalue weighted by Crippen LogP contribution is -2.53. The van der Waals surface area contributed by atoms with Gasteiger partial charge in [-0.2, -0.15) is 4.31 Å². The van der Waals surface area contributed by atoms with E-state index in [9.17, 15) is 22.8 Å². The van der Waals surface area contributed by atoms with E-state index in [1.54, 1.807) is 29.0 Å². The van der Waals surface area contributed by atoms with Gasteiger partial charge in [-0.1, -0.05) is 19.4 Å². The molecule has 2 aromatic rings. The number of ketones is 1. The minimum Gasteiger partial charge on any atom is -0.409 e. The van der Waals surface area contributed by atoms with Crippen LogP contribution < -0.4 is 10.1 Å². The van der Waals surface area contributed by atoms with Crippen molar-refractivity contribution in [3.63, 3.8) is 0 Å². The maximum absolute atomic E-state index is 13.3. The molecule has 4 heterocycles. The molecule has 0 saturated carbocycles. The number of nitrogens with one attached hydrogen (secondary N) is 1. The number of nitrogens with zero attached hydrogens (tertiary/aromatic N) is 3. The average molecular weight is 493 g/mol. The number of amides is 2. The Morgan fingerprint density at radius 3 is 2.82 bits per heavy atom. The Hall–Kier alpha value is -2.83. The number of Topliss-reactive ketones (excluding diaryl/α,β-unsaturated/α-hetero) is 1. The van der Waals surface area contributed by atoms with E-state index in [0.717, 1.165) is 4.31 Å².